The van der Waals surface area contributed by atoms with Gasteiger partial charge in [-0.05, 0) is 12.8 Å². The molecule has 0 nitrogen and oxygen atoms in total. The van der Waals surface area contributed by atoms with E-state index in [0.717, 1.165) is 12.8 Å². The molecule has 0 fully saturated rings. The van der Waals surface area contributed by atoms with Gasteiger partial charge in [-0.15, -0.1) is 0 Å². The summed E-state index contributed by atoms with van der Waals surface area (Å²) < 4.78 is 0.560. The van der Waals surface area contributed by atoms with Crippen molar-refractivity contribution in [2.75, 3.05) is 0 Å². The zero-order chi connectivity index (χ0) is 9.28. The molecule has 0 aliphatic rings. The highest BCUT2D eigenvalue weighted by atomic mass is 32.2. The Hall–Kier alpha value is 1.40. The molecule has 4 heteroatoms. The summed E-state index contributed by atoms with van der Waals surface area (Å²) in [5.41, 5.74) is 0. The fraction of sp³-hybridized carbons (Fsp3) is 1.00. The molecule has 0 aliphatic carbocycles. The lowest BCUT2D eigenvalue weighted by molar-refractivity contribution is 0.876. The third kappa shape index (κ3) is 24.6. The average molecular weight is 230 g/mol. The molecule has 70 valence electrons. The summed E-state index contributed by atoms with van der Waals surface area (Å²) in [6.45, 7) is 4.17. The van der Waals surface area contributed by atoms with Gasteiger partial charge in [0.05, 0.1) is 0 Å². The molecule has 0 saturated carbocycles. The van der Waals surface area contributed by atoms with E-state index in [-0.39, 0.29) is 9.16 Å². The molecule has 0 atom stereocenters. The second kappa shape index (κ2) is 11.4. The van der Waals surface area contributed by atoms with Crippen molar-refractivity contribution in [1.82, 2.24) is 0 Å². The first-order chi connectivity index (χ1) is 5.04. The highest BCUT2D eigenvalue weighted by Gasteiger charge is 1.87. The fourth-order valence-electron chi connectivity index (χ4n) is 0.258. The minimum absolute atomic E-state index is 0.273. The first-order valence-electron chi connectivity index (χ1n) is 3.76. The number of hydrogen-bond donors (Lipinski definition) is 4. The van der Waals surface area contributed by atoms with Crippen molar-refractivity contribution in [2.45, 2.75) is 42.3 Å². The van der Waals surface area contributed by atoms with Crippen molar-refractivity contribution >= 4 is 50.5 Å². The van der Waals surface area contributed by atoms with Gasteiger partial charge in [0.2, 0.25) is 0 Å². The molecule has 0 bridgehead atoms. The maximum absolute atomic E-state index is 4.04. The van der Waals surface area contributed by atoms with Crippen LogP contribution < -0.4 is 0 Å². The molecular weight excluding hydrogens is 212 g/mol. The molecule has 11 heavy (non-hydrogen) atoms. The summed E-state index contributed by atoms with van der Waals surface area (Å²) >= 11 is 16.0. The smallest absolute Gasteiger partial charge is 0.0442 e. The van der Waals surface area contributed by atoms with Gasteiger partial charge in [-0.1, -0.05) is 20.3 Å². The van der Waals surface area contributed by atoms with E-state index in [9.17, 15) is 0 Å². The van der Waals surface area contributed by atoms with Crippen LogP contribution in [0, 0.1) is 0 Å². The van der Waals surface area contributed by atoms with E-state index in [1.807, 2.05) is 6.92 Å². The quantitative estimate of drug-likeness (QED) is 0.414. The molecular formula is C7H18S4. The molecule has 0 amide bonds. The number of hydrogen-bond acceptors (Lipinski definition) is 4. The maximum Gasteiger partial charge on any atom is 0.0442 e. The molecule has 0 heterocycles. The van der Waals surface area contributed by atoms with Crippen LogP contribution in [0.5, 0.6) is 0 Å². The standard InChI is InChI=1S/C4H10S2.C3H8S2/c1-2-3-4(5)6;1-2-3(4)5/h4-6H,2-3H2,1H3;3-5H,2H2,1H3. The van der Waals surface area contributed by atoms with Gasteiger partial charge in [-0.2, -0.15) is 50.5 Å². The van der Waals surface area contributed by atoms with Crippen LogP contribution in [0.25, 0.3) is 0 Å². The van der Waals surface area contributed by atoms with Crippen molar-refractivity contribution in [1.29, 1.82) is 0 Å². The van der Waals surface area contributed by atoms with E-state index < -0.39 is 0 Å². The third-order valence-corrected chi connectivity index (χ3v) is 2.16. The average Bonchev–Trinajstić information content (AvgIpc) is 1.89. The van der Waals surface area contributed by atoms with Crippen LogP contribution in [-0.4, -0.2) is 9.16 Å². The Morgan fingerprint density at radius 3 is 1.27 bits per heavy atom. The van der Waals surface area contributed by atoms with Gasteiger partial charge in [0.15, 0.2) is 0 Å². The SMILES string of the molecule is CCC(S)S.CCCC(S)S. The van der Waals surface area contributed by atoms with E-state index in [1.54, 1.807) is 0 Å². The zero-order valence-corrected chi connectivity index (χ0v) is 10.6. The summed E-state index contributed by atoms with van der Waals surface area (Å²) in [6.07, 6.45) is 3.32. The minimum atomic E-state index is 0.273. The Kier molecular flexibility index (Phi) is 15.4. The van der Waals surface area contributed by atoms with E-state index in [2.05, 4.69) is 57.4 Å². The molecule has 0 aromatic carbocycles. The van der Waals surface area contributed by atoms with Gasteiger partial charge < -0.3 is 0 Å². The lowest BCUT2D eigenvalue weighted by atomic mass is 10.4. The van der Waals surface area contributed by atoms with Crippen LogP contribution in [0.2, 0.25) is 0 Å². The lowest BCUT2D eigenvalue weighted by Gasteiger charge is -1.94. The van der Waals surface area contributed by atoms with Crippen LogP contribution in [0.15, 0.2) is 0 Å². The molecule has 0 aromatic heterocycles. The Bertz CT molecular complexity index is 63.5. The Labute approximate surface area is 92.6 Å². The molecule has 0 N–H and O–H groups in total. The van der Waals surface area contributed by atoms with Gasteiger partial charge in [0.1, 0.15) is 0 Å². The van der Waals surface area contributed by atoms with E-state index in [1.165, 1.54) is 6.42 Å². The van der Waals surface area contributed by atoms with Crippen molar-refractivity contribution in [3.05, 3.63) is 0 Å². The van der Waals surface area contributed by atoms with Gasteiger partial charge in [-0.3, -0.25) is 0 Å². The first kappa shape index (κ1) is 14.9. The molecule has 0 unspecified atom stereocenters. The summed E-state index contributed by atoms with van der Waals surface area (Å²) in [6, 6.07) is 0. The summed E-state index contributed by atoms with van der Waals surface area (Å²) in [4.78, 5) is 0. The number of rotatable bonds is 3. The fourth-order valence-corrected chi connectivity index (χ4v) is 0.775. The third-order valence-electron chi connectivity index (χ3n) is 0.912. The largest absolute Gasteiger partial charge is 0.165 e. The predicted octanol–water partition coefficient (Wildman–Crippen LogP) is 3.55. The highest BCUT2D eigenvalue weighted by molar-refractivity contribution is 7.99. The number of thiol groups is 4. The maximum atomic E-state index is 4.04. The van der Waals surface area contributed by atoms with Crippen LogP contribution in [-0.2, 0) is 0 Å². The normalized spacial score (nSPS) is 9.82. The van der Waals surface area contributed by atoms with Crippen molar-refractivity contribution in [3.8, 4) is 0 Å². The first-order valence-corrected chi connectivity index (χ1v) is 5.83. The van der Waals surface area contributed by atoms with Crippen LogP contribution in [0.4, 0.5) is 0 Å². The molecule has 0 aromatic rings. The Morgan fingerprint density at radius 2 is 1.27 bits per heavy atom. The van der Waals surface area contributed by atoms with Gasteiger partial charge in [0, 0.05) is 9.16 Å². The zero-order valence-electron chi connectivity index (χ0n) is 7.06. The minimum Gasteiger partial charge on any atom is -0.165 e. The lowest BCUT2D eigenvalue weighted by Crippen LogP contribution is -1.81. The van der Waals surface area contributed by atoms with Crippen molar-refractivity contribution in [3.63, 3.8) is 0 Å². The molecule has 0 saturated heterocycles. The summed E-state index contributed by atoms with van der Waals surface area (Å²) in [5.74, 6) is 0. The second-order valence-electron chi connectivity index (χ2n) is 2.16. The summed E-state index contributed by atoms with van der Waals surface area (Å²) in [7, 11) is 0. The van der Waals surface area contributed by atoms with Crippen molar-refractivity contribution in [2.24, 2.45) is 0 Å². The van der Waals surface area contributed by atoms with Crippen LogP contribution in [0.3, 0.4) is 0 Å². The van der Waals surface area contributed by atoms with Gasteiger partial charge in [-0.25, -0.2) is 0 Å². The summed E-state index contributed by atoms with van der Waals surface area (Å²) in [5, 5.41) is 0. The molecule has 0 aliphatic heterocycles. The van der Waals surface area contributed by atoms with Crippen molar-refractivity contribution < 1.29 is 0 Å². The van der Waals surface area contributed by atoms with Crippen LogP contribution in [0.1, 0.15) is 33.1 Å². The molecule has 0 rings (SSSR count). The van der Waals surface area contributed by atoms with Crippen LogP contribution >= 0.6 is 50.5 Å². The monoisotopic (exact) mass is 230 g/mol. The topological polar surface area (TPSA) is 0 Å². The van der Waals surface area contributed by atoms with Gasteiger partial charge >= 0.3 is 0 Å². The molecule has 0 radical (unpaired) electrons. The molecule has 0 spiro atoms. The highest BCUT2D eigenvalue weighted by Crippen LogP contribution is 2.06. The Balaban J connectivity index is 0. The predicted molar refractivity (Wildman–Crippen MR) is 68.7 cm³/mol. The van der Waals surface area contributed by atoms with E-state index in [4.69, 9.17) is 0 Å². The Morgan fingerprint density at radius 1 is 0.909 bits per heavy atom. The second-order valence-corrected chi connectivity index (χ2v) is 5.47. The van der Waals surface area contributed by atoms with Gasteiger partial charge in [0.25, 0.3) is 0 Å². The van der Waals surface area contributed by atoms with E-state index in [0.29, 0.717) is 0 Å². The van der Waals surface area contributed by atoms with E-state index >= 15 is 0 Å².